The first-order valence-electron chi connectivity index (χ1n) is 24.8. The summed E-state index contributed by atoms with van der Waals surface area (Å²) in [7, 11) is 8.19. The summed E-state index contributed by atoms with van der Waals surface area (Å²) in [5.41, 5.74) is 20.0. The molecule has 72 heavy (non-hydrogen) atoms. The third kappa shape index (κ3) is 11.2. The lowest BCUT2D eigenvalue weighted by atomic mass is 9.94. The highest BCUT2D eigenvalue weighted by Crippen LogP contribution is 2.47. The highest BCUT2D eigenvalue weighted by Gasteiger charge is 2.27. The van der Waals surface area contributed by atoms with E-state index in [-0.39, 0.29) is 8.81 Å². The van der Waals surface area contributed by atoms with Gasteiger partial charge in [-0.3, -0.25) is 0 Å². The van der Waals surface area contributed by atoms with Crippen LogP contribution in [0.4, 0.5) is 0 Å². The summed E-state index contributed by atoms with van der Waals surface area (Å²) < 4.78 is 37.8. The van der Waals surface area contributed by atoms with Gasteiger partial charge in [-0.25, -0.2) is 0 Å². The lowest BCUT2D eigenvalue weighted by Gasteiger charge is -2.24. The van der Waals surface area contributed by atoms with Crippen LogP contribution in [0, 0.1) is 55.4 Å². The van der Waals surface area contributed by atoms with Crippen LogP contribution in [0.15, 0.2) is 133 Å². The summed E-state index contributed by atoms with van der Waals surface area (Å²) in [6.07, 6.45) is 2.97. The fraction of sp³-hybridized carbons (Fsp3) is 0.250. The first-order chi connectivity index (χ1) is 34.8. The highest BCUT2D eigenvalue weighted by molar-refractivity contribution is 7.43. The van der Waals surface area contributed by atoms with E-state index in [1.165, 1.54) is 22.3 Å². The average Bonchev–Trinajstić information content (AvgIpc) is 3.40. The summed E-state index contributed by atoms with van der Waals surface area (Å²) in [6, 6.07) is 47.1. The molecule has 0 saturated heterocycles. The minimum atomic E-state index is -0.0534. The van der Waals surface area contributed by atoms with Gasteiger partial charge in [0, 0.05) is 38.7 Å². The Balaban J connectivity index is 0.000000290. The topological polar surface area (TPSA) is 55.4 Å². The molecule has 1 aliphatic heterocycles. The predicted molar refractivity (Wildman–Crippen MR) is 307 cm³/mol. The van der Waals surface area contributed by atoms with E-state index in [2.05, 4.69) is 198 Å². The smallest absolute Gasteiger partial charge is 0.134 e. The Hall–Kier alpha value is -6.58. The number of ether oxygens (including phenoxy) is 5. The molecule has 0 aromatic heterocycles. The van der Waals surface area contributed by atoms with Gasteiger partial charge in [0.05, 0.1) is 34.5 Å². The molecule has 8 heteroatoms. The van der Waals surface area contributed by atoms with Crippen LogP contribution in [0.1, 0.15) is 63.8 Å². The minimum absolute atomic E-state index is 0.0534. The number of fused-ring (bicyclic) bond motifs is 3. The van der Waals surface area contributed by atoms with Crippen molar-refractivity contribution in [3.8, 4) is 90.1 Å². The van der Waals surface area contributed by atoms with Crippen molar-refractivity contribution in [1.82, 2.24) is 0 Å². The number of hydrogen-bond acceptors (Lipinski definition) is 6. The van der Waals surface area contributed by atoms with Crippen molar-refractivity contribution in [2.45, 2.75) is 74.7 Å². The molecule has 370 valence electrons. The summed E-state index contributed by atoms with van der Waals surface area (Å²) in [6.45, 7) is 18.1. The molecule has 0 radical (unpaired) electrons. The van der Waals surface area contributed by atoms with Gasteiger partial charge in [0.15, 0.2) is 0 Å². The fourth-order valence-electron chi connectivity index (χ4n) is 10.2. The van der Waals surface area contributed by atoms with E-state index in [4.69, 9.17) is 28.2 Å². The molecule has 0 fully saturated rings. The minimum Gasteiger partial charge on any atom is -0.496 e. The van der Waals surface area contributed by atoms with E-state index in [1.54, 1.807) is 21.3 Å². The number of methoxy groups -OCH3 is 3. The molecule has 8 aromatic carbocycles. The lowest BCUT2D eigenvalue weighted by molar-refractivity contribution is 0.284. The molecule has 1 heterocycles. The zero-order valence-electron chi connectivity index (χ0n) is 43.8. The van der Waals surface area contributed by atoms with Gasteiger partial charge < -0.3 is 28.2 Å². The molecule has 0 saturated carbocycles. The SMILES string of the molecule is COc1c(C)cc(C)cc1-c1cc(C)cc(C)c1OC.COc1c(C)cc(C)cc1-c1cc(C)cc(C)c1OPc1c(-c2ccccc2)ccc2c1-c1c(ccc(-c3ccccc3)c1P)OCCCCCO2. The third-order valence-electron chi connectivity index (χ3n) is 13.2. The van der Waals surface area contributed by atoms with Crippen molar-refractivity contribution >= 4 is 28.7 Å². The Bertz CT molecular complexity index is 3160. The molecule has 1 aliphatic rings. The maximum absolute atomic E-state index is 7.16. The summed E-state index contributed by atoms with van der Waals surface area (Å²) in [5, 5.41) is 2.14. The van der Waals surface area contributed by atoms with Gasteiger partial charge in [0.1, 0.15) is 43.3 Å². The zero-order chi connectivity index (χ0) is 51.1. The Morgan fingerprint density at radius 3 is 1.21 bits per heavy atom. The number of rotatable bonds is 10. The van der Waals surface area contributed by atoms with Crippen LogP contribution in [-0.2, 0) is 0 Å². The van der Waals surface area contributed by atoms with Gasteiger partial charge in [-0.2, -0.15) is 0 Å². The molecule has 0 amide bonds. The molecular weight excluding hydrogens is 927 g/mol. The van der Waals surface area contributed by atoms with Crippen LogP contribution in [0.5, 0.6) is 34.5 Å². The quantitative estimate of drug-likeness (QED) is 0.127. The van der Waals surface area contributed by atoms with E-state index in [0.717, 1.165) is 142 Å². The molecule has 2 unspecified atom stereocenters. The van der Waals surface area contributed by atoms with Crippen molar-refractivity contribution in [3.63, 3.8) is 0 Å². The number of hydrogen-bond donors (Lipinski definition) is 0. The lowest BCUT2D eigenvalue weighted by Crippen LogP contribution is -2.15. The standard InChI is InChI=1S/C46H46O4P2.C18H22O2/c1-29-25-31(3)43(47-5)37(27-29)38-28-30(2)26-32(4)44(38)50-52-46-36(34-17-11-7-12-18-34)20-22-40-42(46)41-39(48-23-13-8-14-24-49-40)21-19-35(45(41)51)33-15-9-6-10-16-33;1-11-7-13(3)17(19-5)15(9-11)16-10-12(2)8-14(4)18(16)20-6/h6-7,9-12,15-22,25-28,52H,8,13-14,23-24,51H2,1-5H3;7-10H,1-6H3. The van der Waals surface area contributed by atoms with Crippen molar-refractivity contribution in [2.75, 3.05) is 34.5 Å². The molecule has 0 spiro atoms. The zero-order valence-corrected chi connectivity index (χ0v) is 45.9. The fourth-order valence-corrected chi connectivity index (χ4v) is 11.9. The van der Waals surface area contributed by atoms with Gasteiger partial charge in [-0.1, -0.05) is 91.0 Å². The van der Waals surface area contributed by atoms with Gasteiger partial charge >= 0.3 is 0 Å². The van der Waals surface area contributed by atoms with Crippen LogP contribution < -0.4 is 38.8 Å². The van der Waals surface area contributed by atoms with Crippen LogP contribution >= 0.6 is 18.0 Å². The number of aryl methyl sites for hydroxylation is 8. The molecule has 6 nitrogen and oxygen atoms in total. The molecule has 9 rings (SSSR count). The molecular formula is C64H68O6P2. The maximum Gasteiger partial charge on any atom is 0.134 e. The Kier molecular flexibility index (Phi) is 16.8. The Morgan fingerprint density at radius 1 is 0.403 bits per heavy atom. The second kappa shape index (κ2) is 23.3. The predicted octanol–water partition coefficient (Wildman–Crippen LogP) is 15.9. The van der Waals surface area contributed by atoms with Gasteiger partial charge in [0.25, 0.3) is 0 Å². The van der Waals surface area contributed by atoms with Gasteiger partial charge in [-0.15, -0.1) is 9.24 Å². The first-order valence-corrected chi connectivity index (χ1v) is 26.3. The van der Waals surface area contributed by atoms with E-state index in [9.17, 15) is 0 Å². The molecule has 8 aromatic rings. The van der Waals surface area contributed by atoms with E-state index >= 15 is 0 Å². The largest absolute Gasteiger partial charge is 0.496 e. The Morgan fingerprint density at radius 2 is 0.778 bits per heavy atom. The van der Waals surface area contributed by atoms with Crippen LogP contribution in [0.3, 0.4) is 0 Å². The third-order valence-corrected chi connectivity index (χ3v) is 14.9. The van der Waals surface area contributed by atoms with Gasteiger partial charge in [-0.05, 0) is 189 Å². The normalized spacial score (nSPS) is 12.3. The highest BCUT2D eigenvalue weighted by atomic mass is 31.1. The van der Waals surface area contributed by atoms with Crippen molar-refractivity contribution in [3.05, 3.63) is 178 Å². The molecule has 2 atom stereocenters. The van der Waals surface area contributed by atoms with Crippen molar-refractivity contribution < 1.29 is 28.2 Å². The first kappa shape index (κ1) is 51.8. The second-order valence-corrected chi connectivity index (χ2v) is 20.4. The summed E-state index contributed by atoms with van der Waals surface area (Å²) in [5.74, 6) is 5.23. The van der Waals surface area contributed by atoms with E-state index in [0.29, 0.717) is 13.2 Å². The molecule has 0 N–H and O–H groups in total. The van der Waals surface area contributed by atoms with E-state index < -0.39 is 0 Å². The Labute approximate surface area is 432 Å². The monoisotopic (exact) mass is 994 g/mol. The van der Waals surface area contributed by atoms with Crippen molar-refractivity contribution in [1.29, 1.82) is 0 Å². The maximum atomic E-state index is 7.16. The van der Waals surface area contributed by atoms with Gasteiger partial charge in [0.2, 0.25) is 0 Å². The second-order valence-electron chi connectivity index (χ2n) is 18.9. The van der Waals surface area contributed by atoms with Crippen LogP contribution in [-0.4, -0.2) is 34.5 Å². The van der Waals surface area contributed by atoms with Crippen LogP contribution in [0.2, 0.25) is 0 Å². The molecule has 0 bridgehead atoms. The van der Waals surface area contributed by atoms with E-state index in [1.807, 2.05) is 0 Å². The number of benzene rings is 8. The van der Waals surface area contributed by atoms with Crippen LogP contribution in [0.25, 0.3) is 55.6 Å². The summed E-state index contributed by atoms with van der Waals surface area (Å²) in [4.78, 5) is 0. The van der Waals surface area contributed by atoms with Crippen molar-refractivity contribution in [2.24, 2.45) is 0 Å². The average molecular weight is 995 g/mol. The summed E-state index contributed by atoms with van der Waals surface area (Å²) >= 11 is 0. The molecule has 0 aliphatic carbocycles.